The number of aryl methyl sites for hydroxylation is 1. The van der Waals surface area contributed by atoms with Gasteiger partial charge in [0, 0.05) is 20.1 Å². The number of nitrogens with one attached hydrogen (secondary N) is 2. The lowest BCUT2D eigenvalue weighted by atomic mass is 9.96. The van der Waals surface area contributed by atoms with E-state index in [1.54, 1.807) is 17.8 Å². The van der Waals surface area contributed by atoms with Gasteiger partial charge in [0.25, 0.3) is 0 Å². The molecule has 6 nitrogen and oxygen atoms in total. The summed E-state index contributed by atoms with van der Waals surface area (Å²) in [5.74, 6) is 1.36. The Morgan fingerprint density at radius 3 is 2.64 bits per heavy atom. The molecule has 0 fully saturated rings. The van der Waals surface area contributed by atoms with Crippen molar-refractivity contribution in [1.29, 1.82) is 0 Å². The maximum absolute atomic E-state index is 12.9. The molecule has 1 unspecified atom stereocenters. The van der Waals surface area contributed by atoms with Gasteiger partial charge in [-0.2, -0.15) is 18.3 Å². The molecule has 0 saturated carbocycles. The molecule has 0 aliphatic carbocycles. The van der Waals surface area contributed by atoms with Crippen molar-refractivity contribution in [1.82, 2.24) is 25.4 Å². The standard InChI is InChI=1S/C18H25F3N6.HI/c1-4-22-17(24-11-16-25-12-26-27(16)3)23-9-8-13(2)14-6-5-7-15(10-14)18(19,20)21;/h5-7,10,12-13H,4,8-9,11H2,1-3H3,(H2,22,23,24);1H. The number of nitrogens with zero attached hydrogens (tertiary/aromatic N) is 4. The van der Waals surface area contributed by atoms with E-state index in [4.69, 9.17) is 0 Å². The maximum atomic E-state index is 12.9. The van der Waals surface area contributed by atoms with Crippen LogP contribution in [0, 0.1) is 0 Å². The highest BCUT2D eigenvalue weighted by Crippen LogP contribution is 2.31. The zero-order valence-electron chi connectivity index (χ0n) is 16.1. The first-order valence-electron chi connectivity index (χ1n) is 8.83. The van der Waals surface area contributed by atoms with Gasteiger partial charge in [-0.05, 0) is 30.9 Å². The number of hydrogen-bond donors (Lipinski definition) is 2. The average molecular weight is 510 g/mol. The number of guanidine groups is 1. The van der Waals surface area contributed by atoms with Crippen molar-refractivity contribution in [3.63, 3.8) is 0 Å². The quantitative estimate of drug-likeness (QED) is 0.339. The zero-order valence-corrected chi connectivity index (χ0v) is 18.5. The molecule has 1 atom stereocenters. The summed E-state index contributed by atoms with van der Waals surface area (Å²) in [6, 6.07) is 5.50. The van der Waals surface area contributed by atoms with Crippen LogP contribution in [0.2, 0.25) is 0 Å². The van der Waals surface area contributed by atoms with Crippen LogP contribution in [0.15, 0.2) is 35.6 Å². The number of aliphatic imine (C=N–C) groups is 1. The molecule has 0 aliphatic heterocycles. The van der Waals surface area contributed by atoms with Crippen LogP contribution >= 0.6 is 24.0 Å². The van der Waals surface area contributed by atoms with Gasteiger partial charge >= 0.3 is 6.18 Å². The Labute approximate surface area is 180 Å². The monoisotopic (exact) mass is 510 g/mol. The Morgan fingerprint density at radius 2 is 2.04 bits per heavy atom. The smallest absolute Gasteiger partial charge is 0.357 e. The van der Waals surface area contributed by atoms with Crippen molar-refractivity contribution >= 4 is 29.9 Å². The zero-order chi connectivity index (χ0) is 19.9. The minimum absolute atomic E-state index is 0. The summed E-state index contributed by atoms with van der Waals surface area (Å²) in [5.41, 5.74) is 0.0611. The number of alkyl halides is 3. The Bertz CT molecular complexity index is 760. The van der Waals surface area contributed by atoms with E-state index in [1.807, 2.05) is 13.8 Å². The van der Waals surface area contributed by atoms with Crippen molar-refractivity contribution < 1.29 is 13.2 Å². The number of halogens is 4. The Hall–Kier alpha value is -1.85. The van der Waals surface area contributed by atoms with Crippen molar-refractivity contribution in [2.24, 2.45) is 12.0 Å². The molecule has 1 aromatic heterocycles. The van der Waals surface area contributed by atoms with Gasteiger partial charge in [-0.15, -0.1) is 24.0 Å². The van der Waals surface area contributed by atoms with Crippen LogP contribution in [-0.2, 0) is 19.8 Å². The van der Waals surface area contributed by atoms with Crippen LogP contribution in [0.3, 0.4) is 0 Å². The molecule has 2 rings (SSSR count). The highest BCUT2D eigenvalue weighted by molar-refractivity contribution is 14.0. The summed E-state index contributed by atoms with van der Waals surface area (Å²) < 4.78 is 40.2. The molecule has 0 spiro atoms. The normalized spacial score (nSPS) is 13.0. The molecule has 1 heterocycles. The molecule has 156 valence electrons. The van der Waals surface area contributed by atoms with E-state index in [0.717, 1.165) is 11.9 Å². The Kier molecular flexibility index (Phi) is 9.70. The van der Waals surface area contributed by atoms with Gasteiger partial charge in [0.05, 0.1) is 5.56 Å². The van der Waals surface area contributed by atoms with E-state index in [1.165, 1.54) is 18.5 Å². The fourth-order valence-electron chi connectivity index (χ4n) is 2.55. The summed E-state index contributed by atoms with van der Waals surface area (Å²) in [6.07, 6.45) is -2.17. The molecule has 2 N–H and O–H groups in total. The van der Waals surface area contributed by atoms with Gasteiger partial charge in [0.2, 0.25) is 0 Å². The van der Waals surface area contributed by atoms with Gasteiger partial charge in [0.1, 0.15) is 18.7 Å². The Balaban J connectivity index is 0.00000392. The van der Waals surface area contributed by atoms with Crippen molar-refractivity contribution in [2.45, 2.75) is 38.9 Å². The minimum Gasteiger partial charge on any atom is -0.357 e. The number of hydrogen-bond acceptors (Lipinski definition) is 3. The second-order valence-electron chi connectivity index (χ2n) is 6.23. The molecule has 10 heteroatoms. The molecule has 0 aliphatic rings. The van der Waals surface area contributed by atoms with E-state index in [2.05, 4.69) is 25.7 Å². The fourth-order valence-corrected chi connectivity index (χ4v) is 2.55. The van der Waals surface area contributed by atoms with Gasteiger partial charge in [-0.1, -0.05) is 25.1 Å². The summed E-state index contributed by atoms with van der Waals surface area (Å²) in [4.78, 5) is 8.58. The van der Waals surface area contributed by atoms with Gasteiger partial charge in [0.15, 0.2) is 5.96 Å². The summed E-state index contributed by atoms with van der Waals surface area (Å²) in [6.45, 7) is 5.55. The van der Waals surface area contributed by atoms with E-state index in [0.29, 0.717) is 37.6 Å². The lowest BCUT2D eigenvalue weighted by molar-refractivity contribution is -0.137. The molecular formula is C18H26F3IN6. The summed E-state index contributed by atoms with van der Waals surface area (Å²) >= 11 is 0. The molecule has 2 aromatic rings. The van der Waals surface area contributed by atoms with Gasteiger partial charge in [-0.3, -0.25) is 4.68 Å². The van der Waals surface area contributed by atoms with Crippen molar-refractivity contribution in [3.8, 4) is 0 Å². The molecule has 1 aromatic carbocycles. The van der Waals surface area contributed by atoms with E-state index < -0.39 is 11.7 Å². The SMILES string of the molecule is CCNC(=NCc1ncnn1C)NCCC(C)c1cccc(C(F)(F)F)c1.I. The number of benzene rings is 1. The molecule has 0 bridgehead atoms. The third kappa shape index (κ3) is 7.28. The fraction of sp³-hybridized carbons (Fsp3) is 0.500. The number of rotatable bonds is 7. The van der Waals surface area contributed by atoms with Crippen LogP contribution in [0.1, 0.15) is 43.1 Å². The summed E-state index contributed by atoms with van der Waals surface area (Å²) in [5, 5.41) is 10.3. The predicted molar refractivity (Wildman–Crippen MR) is 114 cm³/mol. The third-order valence-corrected chi connectivity index (χ3v) is 4.18. The first-order valence-corrected chi connectivity index (χ1v) is 8.83. The van der Waals surface area contributed by atoms with Crippen LogP contribution in [0.5, 0.6) is 0 Å². The topological polar surface area (TPSA) is 67.1 Å². The van der Waals surface area contributed by atoms with Crippen LogP contribution in [-0.4, -0.2) is 33.8 Å². The van der Waals surface area contributed by atoms with Crippen LogP contribution < -0.4 is 10.6 Å². The van der Waals surface area contributed by atoms with E-state index in [-0.39, 0.29) is 29.9 Å². The lowest BCUT2D eigenvalue weighted by Gasteiger charge is -2.16. The molecule has 0 saturated heterocycles. The molecular weight excluding hydrogens is 484 g/mol. The largest absolute Gasteiger partial charge is 0.416 e. The first kappa shape index (κ1) is 24.2. The van der Waals surface area contributed by atoms with Crippen molar-refractivity contribution in [3.05, 3.63) is 47.5 Å². The summed E-state index contributed by atoms with van der Waals surface area (Å²) in [7, 11) is 1.80. The number of aromatic nitrogens is 3. The average Bonchev–Trinajstić information content (AvgIpc) is 3.04. The second kappa shape index (κ2) is 11.2. The Morgan fingerprint density at radius 1 is 1.29 bits per heavy atom. The first-order chi connectivity index (χ1) is 12.8. The van der Waals surface area contributed by atoms with Crippen molar-refractivity contribution in [2.75, 3.05) is 13.1 Å². The molecule has 28 heavy (non-hydrogen) atoms. The second-order valence-corrected chi connectivity index (χ2v) is 6.23. The lowest BCUT2D eigenvalue weighted by Crippen LogP contribution is -2.38. The highest BCUT2D eigenvalue weighted by Gasteiger charge is 2.30. The molecule has 0 amide bonds. The van der Waals surface area contributed by atoms with Gasteiger partial charge < -0.3 is 10.6 Å². The van der Waals surface area contributed by atoms with Crippen LogP contribution in [0.4, 0.5) is 13.2 Å². The maximum Gasteiger partial charge on any atom is 0.416 e. The predicted octanol–water partition coefficient (Wildman–Crippen LogP) is 3.70. The van der Waals surface area contributed by atoms with Gasteiger partial charge in [-0.25, -0.2) is 9.98 Å². The minimum atomic E-state index is -4.32. The van der Waals surface area contributed by atoms with E-state index >= 15 is 0 Å². The van der Waals surface area contributed by atoms with Crippen LogP contribution in [0.25, 0.3) is 0 Å². The molecule has 0 radical (unpaired) electrons. The highest BCUT2D eigenvalue weighted by atomic mass is 127. The van der Waals surface area contributed by atoms with E-state index in [9.17, 15) is 13.2 Å². The third-order valence-electron chi connectivity index (χ3n) is 4.18.